The van der Waals surface area contributed by atoms with E-state index in [0.29, 0.717) is 11.5 Å². The van der Waals surface area contributed by atoms with E-state index in [2.05, 4.69) is 36.3 Å². The van der Waals surface area contributed by atoms with Gasteiger partial charge in [-0.05, 0) is 24.2 Å². The van der Waals surface area contributed by atoms with Gasteiger partial charge >= 0.3 is 0 Å². The van der Waals surface area contributed by atoms with Gasteiger partial charge in [0.05, 0.1) is 6.20 Å². The number of aromatic nitrogens is 2. The van der Waals surface area contributed by atoms with Crippen molar-refractivity contribution in [2.75, 3.05) is 0 Å². The third kappa shape index (κ3) is 2.59. The van der Waals surface area contributed by atoms with Crippen LogP contribution in [0.1, 0.15) is 39.2 Å². The highest BCUT2D eigenvalue weighted by molar-refractivity contribution is 5.03. The SMILES string of the molecule is CC1CC(C)(C)CC1NCc1cn[nH]c1. The fraction of sp³-hybridized carbons (Fsp3) is 0.750. The average molecular weight is 207 g/mol. The second kappa shape index (κ2) is 3.97. The van der Waals surface area contributed by atoms with Gasteiger partial charge in [-0.15, -0.1) is 0 Å². The molecule has 2 rings (SSSR count). The summed E-state index contributed by atoms with van der Waals surface area (Å²) in [7, 11) is 0. The molecule has 3 nitrogen and oxygen atoms in total. The number of hydrogen-bond acceptors (Lipinski definition) is 2. The van der Waals surface area contributed by atoms with E-state index in [-0.39, 0.29) is 0 Å². The Kier molecular flexibility index (Phi) is 2.83. The lowest BCUT2D eigenvalue weighted by Crippen LogP contribution is -2.30. The van der Waals surface area contributed by atoms with Crippen molar-refractivity contribution in [2.45, 2.75) is 46.2 Å². The quantitative estimate of drug-likeness (QED) is 0.798. The maximum atomic E-state index is 3.95. The first kappa shape index (κ1) is 10.7. The third-order valence-electron chi connectivity index (χ3n) is 3.46. The van der Waals surface area contributed by atoms with E-state index in [1.807, 2.05) is 12.4 Å². The molecule has 1 aromatic heterocycles. The Hall–Kier alpha value is -0.830. The van der Waals surface area contributed by atoms with Crippen molar-refractivity contribution in [3.63, 3.8) is 0 Å². The van der Waals surface area contributed by atoms with Gasteiger partial charge in [-0.2, -0.15) is 5.10 Å². The van der Waals surface area contributed by atoms with Gasteiger partial charge in [0.25, 0.3) is 0 Å². The molecule has 0 spiro atoms. The zero-order chi connectivity index (χ0) is 10.9. The van der Waals surface area contributed by atoms with E-state index < -0.39 is 0 Å². The molecular weight excluding hydrogens is 186 g/mol. The monoisotopic (exact) mass is 207 g/mol. The van der Waals surface area contributed by atoms with Crippen molar-refractivity contribution >= 4 is 0 Å². The minimum absolute atomic E-state index is 0.507. The summed E-state index contributed by atoms with van der Waals surface area (Å²) < 4.78 is 0. The number of nitrogens with one attached hydrogen (secondary N) is 2. The zero-order valence-corrected chi connectivity index (χ0v) is 9.88. The lowest BCUT2D eigenvalue weighted by Gasteiger charge is -2.18. The first-order chi connectivity index (χ1) is 7.07. The molecule has 0 bridgehead atoms. The molecule has 0 aromatic carbocycles. The second-order valence-electron chi connectivity index (χ2n) is 5.64. The van der Waals surface area contributed by atoms with E-state index in [4.69, 9.17) is 0 Å². The number of H-pyrrole nitrogens is 1. The van der Waals surface area contributed by atoms with E-state index in [9.17, 15) is 0 Å². The van der Waals surface area contributed by atoms with E-state index in [1.54, 1.807) is 0 Å². The van der Waals surface area contributed by atoms with Gasteiger partial charge < -0.3 is 5.32 Å². The van der Waals surface area contributed by atoms with Crippen molar-refractivity contribution in [1.82, 2.24) is 15.5 Å². The van der Waals surface area contributed by atoms with Crippen molar-refractivity contribution in [3.05, 3.63) is 18.0 Å². The number of nitrogens with zero attached hydrogens (tertiary/aromatic N) is 1. The number of rotatable bonds is 3. The van der Waals surface area contributed by atoms with E-state index in [1.165, 1.54) is 18.4 Å². The predicted molar refractivity (Wildman–Crippen MR) is 61.4 cm³/mol. The Bertz CT molecular complexity index is 303. The molecule has 1 fully saturated rings. The molecule has 84 valence electrons. The van der Waals surface area contributed by atoms with Gasteiger partial charge in [-0.3, -0.25) is 5.10 Å². The van der Waals surface area contributed by atoms with Crippen LogP contribution in [0.2, 0.25) is 0 Å². The maximum absolute atomic E-state index is 3.95. The standard InChI is InChI=1S/C12H21N3/c1-9-4-12(2,3)5-11(9)13-6-10-7-14-15-8-10/h7-9,11,13H,4-6H2,1-3H3,(H,14,15). The van der Waals surface area contributed by atoms with Crippen LogP contribution in [0.4, 0.5) is 0 Å². The summed E-state index contributed by atoms with van der Waals surface area (Å²) in [4.78, 5) is 0. The summed E-state index contributed by atoms with van der Waals surface area (Å²) in [5.41, 5.74) is 1.75. The molecule has 2 atom stereocenters. The Morgan fingerprint density at radius 1 is 1.53 bits per heavy atom. The van der Waals surface area contributed by atoms with Crippen LogP contribution in [0.15, 0.2) is 12.4 Å². The molecular formula is C12H21N3. The summed E-state index contributed by atoms with van der Waals surface area (Å²) in [5.74, 6) is 0.784. The van der Waals surface area contributed by atoms with Crippen LogP contribution in [0, 0.1) is 11.3 Å². The summed E-state index contributed by atoms with van der Waals surface area (Å²) >= 11 is 0. The molecule has 2 unspecified atom stereocenters. The van der Waals surface area contributed by atoms with Crippen LogP contribution in [0.25, 0.3) is 0 Å². The Morgan fingerprint density at radius 2 is 2.33 bits per heavy atom. The third-order valence-corrected chi connectivity index (χ3v) is 3.46. The minimum atomic E-state index is 0.507. The first-order valence-corrected chi connectivity index (χ1v) is 5.78. The molecule has 15 heavy (non-hydrogen) atoms. The van der Waals surface area contributed by atoms with Crippen LogP contribution in [0.5, 0.6) is 0 Å². The first-order valence-electron chi connectivity index (χ1n) is 5.78. The smallest absolute Gasteiger partial charge is 0.0532 e. The normalized spacial score (nSPS) is 29.5. The molecule has 1 aliphatic carbocycles. The fourth-order valence-corrected chi connectivity index (χ4v) is 2.79. The lowest BCUT2D eigenvalue weighted by molar-refractivity contribution is 0.362. The molecule has 0 radical (unpaired) electrons. The Labute approximate surface area is 91.7 Å². The summed E-state index contributed by atoms with van der Waals surface area (Å²) in [5, 5.41) is 10.4. The molecule has 2 N–H and O–H groups in total. The van der Waals surface area contributed by atoms with Crippen molar-refractivity contribution in [2.24, 2.45) is 11.3 Å². The Balaban J connectivity index is 1.85. The van der Waals surface area contributed by atoms with Crippen LogP contribution in [-0.2, 0) is 6.54 Å². The highest BCUT2D eigenvalue weighted by Gasteiger charge is 2.36. The van der Waals surface area contributed by atoms with Crippen LogP contribution >= 0.6 is 0 Å². The average Bonchev–Trinajstić information content (AvgIpc) is 2.70. The highest BCUT2D eigenvalue weighted by atomic mass is 15.1. The fourth-order valence-electron chi connectivity index (χ4n) is 2.79. The van der Waals surface area contributed by atoms with E-state index in [0.717, 1.165) is 12.5 Å². The van der Waals surface area contributed by atoms with Gasteiger partial charge in [0.2, 0.25) is 0 Å². The van der Waals surface area contributed by atoms with Gasteiger partial charge in [0, 0.05) is 24.3 Å². The van der Waals surface area contributed by atoms with Crippen molar-refractivity contribution in [1.29, 1.82) is 0 Å². The van der Waals surface area contributed by atoms with E-state index >= 15 is 0 Å². The number of aromatic amines is 1. The molecule has 0 saturated heterocycles. The van der Waals surface area contributed by atoms with Crippen LogP contribution in [-0.4, -0.2) is 16.2 Å². The molecule has 1 heterocycles. The van der Waals surface area contributed by atoms with Gasteiger partial charge in [-0.1, -0.05) is 20.8 Å². The minimum Gasteiger partial charge on any atom is -0.310 e. The Morgan fingerprint density at radius 3 is 2.87 bits per heavy atom. The number of hydrogen-bond donors (Lipinski definition) is 2. The molecule has 1 aliphatic rings. The van der Waals surface area contributed by atoms with Crippen molar-refractivity contribution in [3.8, 4) is 0 Å². The summed E-state index contributed by atoms with van der Waals surface area (Å²) in [6, 6.07) is 0.662. The van der Waals surface area contributed by atoms with Gasteiger partial charge in [-0.25, -0.2) is 0 Å². The van der Waals surface area contributed by atoms with Crippen molar-refractivity contribution < 1.29 is 0 Å². The topological polar surface area (TPSA) is 40.7 Å². The molecule has 3 heteroatoms. The molecule has 1 aromatic rings. The summed E-state index contributed by atoms with van der Waals surface area (Å²) in [6.45, 7) is 8.01. The lowest BCUT2D eigenvalue weighted by atomic mass is 9.91. The van der Waals surface area contributed by atoms with Gasteiger partial charge in [0.15, 0.2) is 0 Å². The second-order valence-corrected chi connectivity index (χ2v) is 5.64. The van der Waals surface area contributed by atoms with Gasteiger partial charge in [0.1, 0.15) is 0 Å². The largest absolute Gasteiger partial charge is 0.310 e. The molecule has 0 amide bonds. The summed E-state index contributed by atoms with van der Waals surface area (Å²) in [6.07, 6.45) is 6.46. The zero-order valence-electron chi connectivity index (χ0n) is 9.88. The highest BCUT2D eigenvalue weighted by Crippen LogP contribution is 2.40. The van der Waals surface area contributed by atoms with Crippen LogP contribution < -0.4 is 5.32 Å². The molecule has 1 saturated carbocycles. The molecule has 0 aliphatic heterocycles. The predicted octanol–water partition coefficient (Wildman–Crippen LogP) is 2.32. The van der Waals surface area contributed by atoms with Crippen LogP contribution in [0.3, 0.4) is 0 Å². The maximum Gasteiger partial charge on any atom is 0.0532 e.